The highest BCUT2D eigenvalue weighted by atomic mass is 32.2. The highest BCUT2D eigenvalue weighted by Gasteiger charge is 2.23. The molecule has 1 N–H and O–H groups in total. The van der Waals surface area contributed by atoms with Crippen molar-refractivity contribution in [1.82, 2.24) is 9.29 Å². The van der Waals surface area contributed by atoms with Gasteiger partial charge in [-0.2, -0.15) is 4.31 Å². The number of rotatable bonds is 7. The second kappa shape index (κ2) is 9.58. The molecule has 0 bridgehead atoms. The smallest absolute Gasteiger partial charge is 0.257 e. The summed E-state index contributed by atoms with van der Waals surface area (Å²) in [6.07, 6.45) is 0. The fourth-order valence-corrected chi connectivity index (χ4v) is 6.39. The maximum atomic E-state index is 13.2. The van der Waals surface area contributed by atoms with Crippen LogP contribution < -0.4 is 5.32 Å². The standard InChI is InChI=1S/C27H23N3O3S2/c1-2-30(18-19-8-4-3-5-9-19)35(32,33)22-15-12-21(13-16-22)26(31)29-27-28-24-17-14-20-10-6-7-11-23(20)25(24)34-27/h3-17H,2,18H2,1H3,(H,28,29,31). The summed E-state index contributed by atoms with van der Waals surface area (Å²) in [6, 6.07) is 27.5. The summed E-state index contributed by atoms with van der Waals surface area (Å²) < 4.78 is 28.8. The number of amides is 1. The summed E-state index contributed by atoms with van der Waals surface area (Å²) in [6.45, 7) is 2.43. The molecule has 8 heteroatoms. The minimum absolute atomic E-state index is 0.151. The van der Waals surface area contributed by atoms with Crippen molar-refractivity contribution in [2.75, 3.05) is 11.9 Å². The zero-order chi connectivity index (χ0) is 24.4. The Morgan fingerprint density at radius 2 is 1.63 bits per heavy atom. The number of sulfonamides is 1. The average molecular weight is 502 g/mol. The molecule has 1 heterocycles. The second-order valence-corrected chi connectivity index (χ2v) is 11.0. The van der Waals surface area contributed by atoms with Gasteiger partial charge >= 0.3 is 0 Å². The second-order valence-electron chi connectivity index (χ2n) is 8.05. The van der Waals surface area contributed by atoms with Gasteiger partial charge in [0.05, 0.1) is 15.1 Å². The van der Waals surface area contributed by atoms with E-state index in [1.54, 1.807) is 0 Å². The first-order chi connectivity index (χ1) is 17.0. The Hall–Kier alpha value is -3.59. The van der Waals surface area contributed by atoms with Crippen LogP contribution in [0.3, 0.4) is 0 Å². The normalized spacial score (nSPS) is 11.8. The lowest BCUT2D eigenvalue weighted by atomic mass is 10.1. The first-order valence-corrected chi connectivity index (χ1v) is 13.4. The number of hydrogen-bond acceptors (Lipinski definition) is 5. The van der Waals surface area contributed by atoms with Crippen molar-refractivity contribution in [3.05, 3.63) is 102 Å². The van der Waals surface area contributed by atoms with Gasteiger partial charge in [0.15, 0.2) is 5.13 Å². The van der Waals surface area contributed by atoms with E-state index >= 15 is 0 Å². The van der Waals surface area contributed by atoms with Crippen molar-refractivity contribution in [3.8, 4) is 0 Å². The fraction of sp³-hybridized carbons (Fsp3) is 0.111. The topological polar surface area (TPSA) is 79.4 Å². The summed E-state index contributed by atoms with van der Waals surface area (Å²) in [7, 11) is -3.70. The van der Waals surface area contributed by atoms with Crippen LogP contribution in [0, 0.1) is 0 Å². The molecule has 0 saturated heterocycles. The number of aromatic nitrogens is 1. The zero-order valence-corrected chi connectivity index (χ0v) is 20.6. The van der Waals surface area contributed by atoms with Crippen LogP contribution in [0.25, 0.3) is 21.0 Å². The summed E-state index contributed by atoms with van der Waals surface area (Å²) in [5, 5.41) is 5.55. The highest BCUT2D eigenvalue weighted by molar-refractivity contribution is 7.89. The summed E-state index contributed by atoms with van der Waals surface area (Å²) in [5.41, 5.74) is 2.10. The lowest BCUT2D eigenvalue weighted by Gasteiger charge is -2.20. The molecule has 0 aliphatic rings. The molecule has 6 nitrogen and oxygen atoms in total. The molecule has 1 amide bonds. The van der Waals surface area contributed by atoms with Crippen LogP contribution in [-0.4, -0.2) is 30.2 Å². The van der Waals surface area contributed by atoms with Crippen LogP contribution in [0.15, 0.2) is 95.9 Å². The molecule has 0 aliphatic carbocycles. The van der Waals surface area contributed by atoms with Gasteiger partial charge in [-0.05, 0) is 41.3 Å². The lowest BCUT2D eigenvalue weighted by molar-refractivity contribution is 0.102. The van der Waals surface area contributed by atoms with Gasteiger partial charge in [0.2, 0.25) is 10.0 Å². The number of carbonyl (C=O) groups excluding carboxylic acids is 1. The Bertz CT molecular complexity index is 1610. The van der Waals surface area contributed by atoms with Crippen molar-refractivity contribution in [2.45, 2.75) is 18.4 Å². The molecule has 0 fully saturated rings. The number of nitrogens with one attached hydrogen (secondary N) is 1. The van der Waals surface area contributed by atoms with Crippen LogP contribution in [0.2, 0.25) is 0 Å². The van der Waals surface area contributed by atoms with Gasteiger partial charge in [-0.3, -0.25) is 10.1 Å². The maximum absolute atomic E-state index is 13.2. The van der Waals surface area contributed by atoms with Crippen LogP contribution in [-0.2, 0) is 16.6 Å². The summed E-state index contributed by atoms with van der Waals surface area (Å²) in [4.78, 5) is 17.5. The molecule has 0 spiro atoms. The third-order valence-electron chi connectivity index (χ3n) is 5.81. The summed E-state index contributed by atoms with van der Waals surface area (Å²) in [5.74, 6) is -0.339. The van der Waals surface area contributed by atoms with Crippen molar-refractivity contribution in [2.24, 2.45) is 0 Å². The van der Waals surface area contributed by atoms with Crippen molar-refractivity contribution in [1.29, 1.82) is 0 Å². The van der Waals surface area contributed by atoms with E-state index in [0.29, 0.717) is 17.2 Å². The molecule has 0 atom stereocenters. The van der Waals surface area contributed by atoms with E-state index in [1.165, 1.54) is 39.9 Å². The van der Waals surface area contributed by atoms with E-state index in [0.717, 1.165) is 26.6 Å². The number of fused-ring (bicyclic) bond motifs is 3. The number of carbonyl (C=O) groups is 1. The van der Waals surface area contributed by atoms with E-state index < -0.39 is 10.0 Å². The van der Waals surface area contributed by atoms with Gasteiger partial charge in [0, 0.05) is 24.0 Å². The molecule has 0 radical (unpaired) electrons. The molecule has 5 rings (SSSR count). The summed E-state index contributed by atoms with van der Waals surface area (Å²) >= 11 is 1.42. The van der Waals surface area contributed by atoms with Gasteiger partial charge in [0.25, 0.3) is 5.91 Å². The number of nitrogens with zero attached hydrogens (tertiary/aromatic N) is 2. The van der Waals surface area contributed by atoms with Crippen LogP contribution in [0.5, 0.6) is 0 Å². The number of hydrogen-bond donors (Lipinski definition) is 1. The van der Waals surface area contributed by atoms with E-state index in [-0.39, 0.29) is 17.3 Å². The molecule has 0 aliphatic heterocycles. The molecular weight excluding hydrogens is 478 g/mol. The van der Waals surface area contributed by atoms with E-state index in [9.17, 15) is 13.2 Å². The lowest BCUT2D eigenvalue weighted by Crippen LogP contribution is -2.30. The molecular formula is C27H23N3O3S2. The number of benzene rings is 4. The van der Waals surface area contributed by atoms with Crippen LogP contribution in [0.1, 0.15) is 22.8 Å². The SMILES string of the molecule is CCN(Cc1ccccc1)S(=O)(=O)c1ccc(C(=O)Nc2nc3ccc4ccccc4c3s2)cc1. The van der Waals surface area contributed by atoms with Gasteiger partial charge in [0.1, 0.15) is 0 Å². The largest absolute Gasteiger partial charge is 0.298 e. The molecule has 1 aromatic heterocycles. The Labute approximate surface area is 207 Å². The van der Waals surface area contributed by atoms with Crippen molar-refractivity contribution < 1.29 is 13.2 Å². The molecule has 5 aromatic rings. The van der Waals surface area contributed by atoms with Gasteiger partial charge < -0.3 is 0 Å². The molecule has 0 saturated carbocycles. The third-order valence-corrected chi connectivity index (χ3v) is 8.76. The van der Waals surface area contributed by atoms with Crippen LogP contribution >= 0.6 is 11.3 Å². The first kappa shape index (κ1) is 23.2. The molecule has 0 unspecified atom stereocenters. The minimum Gasteiger partial charge on any atom is -0.298 e. The highest BCUT2D eigenvalue weighted by Crippen LogP contribution is 2.32. The van der Waals surface area contributed by atoms with Gasteiger partial charge in [-0.25, -0.2) is 13.4 Å². The average Bonchev–Trinajstić information content (AvgIpc) is 3.31. The Balaban J connectivity index is 1.34. The predicted octanol–water partition coefficient (Wildman–Crippen LogP) is 5.91. The van der Waals surface area contributed by atoms with E-state index in [4.69, 9.17) is 0 Å². The maximum Gasteiger partial charge on any atom is 0.257 e. The Morgan fingerprint density at radius 3 is 2.37 bits per heavy atom. The Kier molecular flexibility index (Phi) is 6.34. The fourth-order valence-electron chi connectivity index (χ4n) is 3.96. The van der Waals surface area contributed by atoms with Gasteiger partial charge in [-0.1, -0.05) is 78.9 Å². The Morgan fingerprint density at radius 1 is 0.914 bits per heavy atom. The molecule has 176 valence electrons. The quantitative estimate of drug-likeness (QED) is 0.301. The van der Waals surface area contributed by atoms with Crippen molar-refractivity contribution >= 4 is 53.4 Å². The number of anilines is 1. The van der Waals surface area contributed by atoms with E-state index in [1.807, 2.05) is 73.7 Å². The van der Waals surface area contributed by atoms with Crippen LogP contribution in [0.4, 0.5) is 5.13 Å². The molecule has 35 heavy (non-hydrogen) atoms. The van der Waals surface area contributed by atoms with Gasteiger partial charge in [-0.15, -0.1) is 0 Å². The molecule has 4 aromatic carbocycles. The third kappa shape index (κ3) is 4.68. The first-order valence-electron chi connectivity index (χ1n) is 11.2. The number of thiazole rings is 1. The zero-order valence-electron chi connectivity index (χ0n) is 19.0. The van der Waals surface area contributed by atoms with Crippen molar-refractivity contribution in [3.63, 3.8) is 0 Å². The predicted molar refractivity (Wildman–Crippen MR) is 141 cm³/mol. The van der Waals surface area contributed by atoms with E-state index in [2.05, 4.69) is 10.3 Å². The monoisotopic (exact) mass is 501 g/mol. The minimum atomic E-state index is -3.70.